The largest absolute Gasteiger partial charge is 0.497 e. The van der Waals surface area contributed by atoms with Crippen LogP contribution in [0.4, 0.5) is 28.9 Å². The normalized spacial score (nSPS) is 16.3. The number of aromatic nitrogens is 1. The lowest BCUT2D eigenvalue weighted by Gasteiger charge is -2.41. The Kier molecular flexibility index (Phi) is 9.17. The smallest absolute Gasteiger partial charge is 0.182 e. The molecule has 212 valence electrons. The first kappa shape index (κ1) is 28.9. The monoisotopic (exact) mass is 548 g/mol. The molecule has 0 bridgehead atoms. The fourth-order valence-corrected chi connectivity index (χ4v) is 5.34. The molecular weight excluding hydrogens is 512 g/mol. The molecule has 0 radical (unpaired) electrons. The first-order valence-electron chi connectivity index (χ1n) is 13.2. The van der Waals surface area contributed by atoms with E-state index in [2.05, 4.69) is 15.2 Å². The molecule has 2 heterocycles. The van der Waals surface area contributed by atoms with Gasteiger partial charge in [-0.3, -0.25) is 4.98 Å². The summed E-state index contributed by atoms with van der Waals surface area (Å²) in [7, 11) is 5.29. The number of halogens is 4. The first-order valence-corrected chi connectivity index (χ1v) is 13.2. The van der Waals surface area contributed by atoms with Gasteiger partial charge in [0.05, 0.1) is 30.2 Å². The standard InChI is InChI=1S/C29H36F4N4O2/c1-36(2)26-17-35-24-5-4-20(39-3)16-21(24)27(26)22(31)6-7-29(18-38)8-11-37(12-9-29)13-10-34-25-15-19(30)14-23(32)28(25)33/h4-5,14-17,22,34,38H,6-13,18H2,1-3H3. The van der Waals surface area contributed by atoms with Gasteiger partial charge in [-0.15, -0.1) is 0 Å². The lowest BCUT2D eigenvalue weighted by molar-refractivity contribution is 0.0316. The van der Waals surface area contributed by atoms with Gasteiger partial charge in [0, 0.05) is 56.9 Å². The van der Waals surface area contributed by atoms with E-state index in [1.54, 1.807) is 19.4 Å². The minimum atomic E-state index is -1.26. The summed E-state index contributed by atoms with van der Waals surface area (Å²) in [5.74, 6) is -2.54. The van der Waals surface area contributed by atoms with Gasteiger partial charge < -0.3 is 25.0 Å². The number of ether oxygens (including phenoxy) is 1. The van der Waals surface area contributed by atoms with Gasteiger partial charge in [-0.1, -0.05) is 0 Å². The molecule has 2 aromatic carbocycles. The maximum absolute atomic E-state index is 16.0. The number of pyridine rings is 1. The zero-order valence-electron chi connectivity index (χ0n) is 22.6. The van der Waals surface area contributed by atoms with E-state index >= 15 is 4.39 Å². The summed E-state index contributed by atoms with van der Waals surface area (Å²) < 4.78 is 62.1. The number of alkyl halides is 1. The maximum atomic E-state index is 16.0. The number of nitrogens with zero attached hydrogens (tertiary/aromatic N) is 3. The summed E-state index contributed by atoms with van der Waals surface area (Å²) in [5.41, 5.74) is 1.37. The Bertz CT molecular complexity index is 1280. The lowest BCUT2D eigenvalue weighted by atomic mass is 9.74. The summed E-state index contributed by atoms with van der Waals surface area (Å²) in [5, 5.41) is 13.8. The predicted octanol–water partition coefficient (Wildman–Crippen LogP) is 5.70. The number of fused-ring (bicyclic) bond motifs is 1. The SMILES string of the molecule is COc1ccc2ncc(N(C)C)c(C(F)CCC3(CO)CCN(CCNc4cc(F)cc(F)c4F)CC3)c2c1. The van der Waals surface area contributed by atoms with Crippen molar-refractivity contribution >= 4 is 22.3 Å². The number of methoxy groups -OCH3 is 1. The number of hydrogen-bond acceptors (Lipinski definition) is 6. The Morgan fingerprint density at radius 2 is 1.90 bits per heavy atom. The molecule has 0 spiro atoms. The van der Waals surface area contributed by atoms with Crippen molar-refractivity contribution in [3.05, 3.63) is 59.5 Å². The highest BCUT2D eigenvalue weighted by Gasteiger charge is 2.35. The number of rotatable bonds is 11. The molecule has 1 unspecified atom stereocenters. The van der Waals surface area contributed by atoms with Crippen LogP contribution < -0.4 is 15.0 Å². The molecule has 0 saturated carbocycles. The van der Waals surface area contributed by atoms with Crippen LogP contribution in [0.5, 0.6) is 5.75 Å². The second-order valence-corrected chi connectivity index (χ2v) is 10.5. The third kappa shape index (κ3) is 6.55. The molecule has 1 aliphatic heterocycles. The van der Waals surface area contributed by atoms with Crippen LogP contribution in [0.15, 0.2) is 36.5 Å². The number of aliphatic hydroxyl groups is 1. The lowest BCUT2D eigenvalue weighted by Crippen LogP contribution is -2.43. The van der Waals surface area contributed by atoms with Crippen LogP contribution in [0.1, 0.15) is 37.4 Å². The van der Waals surface area contributed by atoms with Crippen LogP contribution in [-0.2, 0) is 0 Å². The summed E-state index contributed by atoms with van der Waals surface area (Å²) in [6.07, 6.45) is 2.58. The number of nitrogens with one attached hydrogen (secondary N) is 1. The Balaban J connectivity index is 1.38. The van der Waals surface area contributed by atoms with E-state index < -0.39 is 29.0 Å². The minimum Gasteiger partial charge on any atom is -0.497 e. The second kappa shape index (κ2) is 12.4. The average Bonchev–Trinajstić information content (AvgIpc) is 2.94. The summed E-state index contributed by atoms with van der Waals surface area (Å²) in [4.78, 5) is 8.49. The first-order chi connectivity index (χ1) is 18.7. The van der Waals surface area contributed by atoms with Gasteiger partial charge in [0.25, 0.3) is 0 Å². The van der Waals surface area contributed by atoms with Gasteiger partial charge in [-0.05, 0) is 62.4 Å². The van der Waals surface area contributed by atoms with Crippen LogP contribution in [-0.4, -0.2) is 69.0 Å². The molecule has 39 heavy (non-hydrogen) atoms. The Morgan fingerprint density at radius 3 is 2.56 bits per heavy atom. The minimum absolute atomic E-state index is 0.0367. The van der Waals surface area contributed by atoms with Crippen LogP contribution >= 0.6 is 0 Å². The van der Waals surface area contributed by atoms with Crippen LogP contribution in [0, 0.1) is 22.9 Å². The van der Waals surface area contributed by atoms with Crippen molar-refractivity contribution in [1.82, 2.24) is 9.88 Å². The van der Waals surface area contributed by atoms with Crippen molar-refractivity contribution < 1.29 is 27.4 Å². The number of aliphatic hydroxyl groups excluding tert-OH is 1. The van der Waals surface area contributed by atoms with Crippen molar-refractivity contribution in [3.8, 4) is 5.75 Å². The molecule has 1 atom stereocenters. The quantitative estimate of drug-likeness (QED) is 0.237. The summed E-state index contributed by atoms with van der Waals surface area (Å²) >= 11 is 0. The van der Waals surface area contributed by atoms with E-state index in [0.717, 1.165) is 6.07 Å². The third-order valence-corrected chi connectivity index (χ3v) is 7.81. The van der Waals surface area contributed by atoms with Crippen LogP contribution in [0.25, 0.3) is 10.9 Å². The van der Waals surface area contributed by atoms with Crippen molar-refractivity contribution in [3.63, 3.8) is 0 Å². The molecule has 6 nitrogen and oxygen atoms in total. The van der Waals surface area contributed by atoms with E-state index in [-0.39, 0.29) is 18.7 Å². The van der Waals surface area contributed by atoms with Gasteiger partial charge in [0.2, 0.25) is 0 Å². The zero-order chi connectivity index (χ0) is 28.2. The molecule has 0 aliphatic carbocycles. The van der Waals surface area contributed by atoms with Gasteiger partial charge in [-0.2, -0.15) is 0 Å². The fourth-order valence-electron chi connectivity index (χ4n) is 5.34. The molecule has 0 amide bonds. The predicted molar refractivity (Wildman–Crippen MR) is 146 cm³/mol. The van der Waals surface area contributed by atoms with E-state index in [4.69, 9.17) is 4.74 Å². The molecule has 3 aromatic rings. The number of benzene rings is 2. The van der Waals surface area contributed by atoms with E-state index in [1.807, 2.05) is 31.1 Å². The van der Waals surface area contributed by atoms with Crippen molar-refractivity contribution in [2.45, 2.75) is 31.9 Å². The van der Waals surface area contributed by atoms with E-state index in [9.17, 15) is 18.3 Å². The number of likely N-dealkylation sites (tertiary alicyclic amines) is 1. The molecule has 1 aliphatic rings. The molecule has 1 aromatic heterocycles. The summed E-state index contributed by atoms with van der Waals surface area (Å²) in [6, 6.07) is 6.89. The number of piperidine rings is 1. The topological polar surface area (TPSA) is 60.9 Å². The zero-order valence-corrected chi connectivity index (χ0v) is 22.6. The summed E-state index contributed by atoms with van der Waals surface area (Å²) in [6.45, 7) is 2.17. The highest BCUT2D eigenvalue weighted by Crippen LogP contribution is 2.42. The van der Waals surface area contributed by atoms with Gasteiger partial charge in [0.1, 0.15) is 17.7 Å². The van der Waals surface area contributed by atoms with Crippen LogP contribution in [0.3, 0.4) is 0 Å². The molecular formula is C29H36F4N4O2. The Labute approximate surface area is 226 Å². The third-order valence-electron chi connectivity index (χ3n) is 7.81. The van der Waals surface area contributed by atoms with Gasteiger partial charge in [0.15, 0.2) is 11.6 Å². The molecule has 4 rings (SSSR count). The average molecular weight is 549 g/mol. The van der Waals surface area contributed by atoms with Gasteiger partial charge >= 0.3 is 0 Å². The molecule has 1 fully saturated rings. The van der Waals surface area contributed by atoms with Crippen molar-refractivity contribution in [2.75, 3.05) is 64.2 Å². The van der Waals surface area contributed by atoms with Crippen molar-refractivity contribution in [2.24, 2.45) is 5.41 Å². The number of anilines is 2. The molecule has 2 N–H and O–H groups in total. The van der Waals surface area contributed by atoms with E-state index in [0.29, 0.717) is 79.4 Å². The Morgan fingerprint density at radius 1 is 1.15 bits per heavy atom. The van der Waals surface area contributed by atoms with Gasteiger partial charge in [-0.25, -0.2) is 17.6 Å². The molecule has 10 heteroatoms. The maximum Gasteiger partial charge on any atom is 0.182 e. The fraction of sp³-hybridized carbons (Fsp3) is 0.483. The highest BCUT2D eigenvalue weighted by molar-refractivity contribution is 5.88. The number of hydrogen-bond donors (Lipinski definition) is 2. The second-order valence-electron chi connectivity index (χ2n) is 10.5. The van der Waals surface area contributed by atoms with Crippen LogP contribution in [0.2, 0.25) is 0 Å². The highest BCUT2D eigenvalue weighted by atomic mass is 19.2. The Hall–Kier alpha value is -3.11. The van der Waals surface area contributed by atoms with Crippen molar-refractivity contribution in [1.29, 1.82) is 0 Å². The molecule has 1 saturated heterocycles. The van der Waals surface area contributed by atoms with E-state index in [1.165, 1.54) is 0 Å².